The number of piperidine rings is 1. The number of carbonyl (C=O) groups excluding carboxylic acids is 1. The van der Waals surface area contributed by atoms with E-state index in [1.165, 1.54) is 13.8 Å². The number of nitrogens with one attached hydrogen (secondary N) is 1. The molecule has 3 N–H and O–H groups in total. The second-order valence-electron chi connectivity index (χ2n) is 11.8. The number of rotatable bonds is 7. The lowest BCUT2D eigenvalue weighted by Crippen LogP contribution is -2.50. The van der Waals surface area contributed by atoms with Gasteiger partial charge in [0.25, 0.3) is 5.92 Å². The first-order chi connectivity index (χ1) is 18.5. The fourth-order valence-corrected chi connectivity index (χ4v) is 5.41. The zero-order valence-corrected chi connectivity index (χ0v) is 25.0. The van der Waals surface area contributed by atoms with Gasteiger partial charge in [0.1, 0.15) is 23.1 Å². The van der Waals surface area contributed by atoms with Crippen molar-refractivity contribution in [2.24, 2.45) is 0 Å². The zero-order chi connectivity index (χ0) is 29.7. The SMILES string of the molecule is CC(C)(O)O.CSc1ncnn2c([C@H]3CC[C@@H](CN4CCC(F)(F)C[C@H]4CCNC(=O)OC(C)(C)C)O3)ccc12. The highest BCUT2D eigenvalue weighted by Gasteiger charge is 2.41. The van der Waals surface area contributed by atoms with Crippen molar-refractivity contribution in [2.45, 2.75) is 107 Å². The third kappa shape index (κ3) is 10.1. The quantitative estimate of drug-likeness (QED) is 0.320. The molecule has 2 aliphatic heterocycles. The number of thioether (sulfide) groups is 1. The van der Waals surface area contributed by atoms with E-state index in [1.807, 2.05) is 22.9 Å². The van der Waals surface area contributed by atoms with Gasteiger partial charge in [0.15, 0.2) is 5.79 Å². The molecule has 0 aliphatic carbocycles. The Morgan fingerprint density at radius 1 is 1.25 bits per heavy atom. The molecule has 2 saturated heterocycles. The van der Waals surface area contributed by atoms with Gasteiger partial charge < -0.3 is 25.0 Å². The van der Waals surface area contributed by atoms with Gasteiger partial charge >= 0.3 is 6.09 Å². The number of hydrogen-bond acceptors (Lipinski definition) is 9. The van der Waals surface area contributed by atoms with Crippen molar-refractivity contribution in [3.8, 4) is 0 Å². The molecule has 0 spiro atoms. The summed E-state index contributed by atoms with van der Waals surface area (Å²) in [5.41, 5.74) is 1.35. The molecule has 0 aromatic carbocycles. The molecule has 1 amide bonds. The number of halogens is 2. The van der Waals surface area contributed by atoms with E-state index in [0.717, 1.165) is 29.1 Å². The van der Waals surface area contributed by atoms with Crippen LogP contribution in [-0.2, 0) is 9.47 Å². The van der Waals surface area contributed by atoms with Crippen LogP contribution in [0.15, 0.2) is 23.5 Å². The first-order valence-corrected chi connectivity index (χ1v) is 14.8. The molecule has 0 bridgehead atoms. The van der Waals surface area contributed by atoms with E-state index in [2.05, 4.69) is 20.3 Å². The molecule has 3 atom stereocenters. The molecule has 40 heavy (non-hydrogen) atoms. The van der Waals surface area contributed by atoms with Crippen LogP contribution < -0.4 is 5.32 Å². The fraction of sp³-hybridized carbons (Fsp3) is 0.741. The normalized spacial score (nSPS) is 23.5. The lowest BCUT2D eigenvalue weighted by molar-refractivity contribution is -0.127. The lowest BCUT2D eigenvalue weighted by atomic mass is 9.95. The van der Waals surface area contributed by atoms with Crippen molar-refractivity contribution in [1.82, 2.24) is 24.8 Å². The highest BCUT2D eigenvalue weighted by molar-refractivity contribution is 7.98. The largest absolute Gasteiger partial charge is 0.444 e. The van der Waals surface area contributed by atoms with Crippen LogP contribution in [-0.4, -0.2) is 91.2 Å². The molecular weight excluding hydrogens is 544 g/mol. The van der Waals surface area contributed by atoms with E-state index in [0.29, 0.717) is 19.5 Å². The van der Waals surface area contributed by atoms with E-state index in [-0.39, 0.29) is 37.6 Å². The third-order valence-electron chi connectivity index (χ3n) is 6.48. The first-order valence-electron chi connectivity index (χ1n) is 13.6. The third-order valence-corrected chi connectivity index (χ3v) is 7.18. The molecule has 13 heteroatoms. The molecule has 4 rings (SSSR count). The summed E-state index contributed by atoms with van der Waals surface area (Å²) < 4.78 is 42.0. The minimum Gasteiger partial charge on any atom is -0.444 e. The average Bonchev–Trinajstić information content (AvgIpc) is 3.45. The van der Waals surface area contributed by atoms with Crippen LogP contribution in [0.5, 0.6) is 0 Å². The second-order valence-corrected chi connectivity index (χ2v) is 12.6. The van der Waals surface area contributed by atoms with Gasteiger partial charge in [0, 0.05) is 38.5 Å². The van der Waals surface area contributed by atoms with Gasteiger partial charge in [-0.3, -0.25) is 4.90 Å². The van der Waals surface area contributed by atoms with Gasteiger partial charge in [-0.25, -0.2) is 23.1 Å². The number of fused-ring (bicyclic) bond motifs is 1. The van der Waals surface area contributed by atoms with Crippen molar-refractivity contribution in [1.29, 1.82) is 0 Å². The molecule has 2 fully saturated rings. The maximum absolute atomic E-state index is 14.2. The first kappa shape index (κ1) is 32.5. The number of aliphatic hydroxyl groups is 2. The Hall–Kier alpha value is -2.06. The number of ether oxygens (including phenoxy) is 2. The van der Waals surface area contributed by atoms with Gasteiger partial charge in [-0.05, 0) is 72.3 Å². The smallest absolute Gasteiger partial charge is 0.407 e. The number of amides is 1. The molecular formula is C27H43F2N5O5S. The lowest BCUT2D eigenvalue weighted by Gasteiger charge is -2.40. The number of alkyl carbamates (subject to hydrolysis) is 1. The Bertz CT molecular complexity index is 1110. The van der Waals surface area contributed by atoms with Gasteiger partial charge in [0.05, 0.1) is 17.3 Å². The molecule has 2 aliphatic rings. The van der Waals surface area contributed by atoms with Crippen molar-refractivity contribution in [3.63, 3.8) is 0 Å². The number of hydrogen-bond donors (Lipinski definition) is 3. The molecule has 0 radical (unpaired) electrons. The number of carbonyl (C=O) groups is 1. The van der Waals surface area contributed by atoms with Crippen LogP contribution in [0, 0.1) is 0 Å². The molecule has 2 aromatic rings. The van der Waals surface area contributed by atoms with E-state index in [9.17, 15) is 13.6 Å². The van der Waals surface area contributed by atoms with Crippen LogP contribution in [0.2, 0.25) is 0 Å². The highest BCUT2D eigenvalue weighted by atomic mass is 32.2. The molecule has 4 heterocycles. The van der Waals surface area contributed by atoms with Gasteiger partial charge in [0.2, 0.25) is 0 Å². The van der Waals surface area contributed by atoms with Crippen molar-refractivity contribution in [3.05, 3.63) is 24.2 Å². The number of nitrogens with zero attached hydrogens (tertiary/aromatic N) is 4. The summed E-state index contributed by atoms with van der Waals surface area (Å²) in [6, 6.07) is 3.71. The maximum Gasteiger partial charge on any atom is 0.407 e. The van der Waals surface area contributed by atoms with Crippen LogP contribution in [0.25, 0.3) is 5.52 Å². The van der Waals surface area contributed by atoms with E-state index in [1.54, 1.807) is 38.9 Å². The summed E-state index contributed by atoms with van der Waals surface area (Å²) in [5.74, 6) is -4.19. The molecule has 0 unspecified atom stereocenters. The van der Waals surface area contributed by atoms with Gasteiger partial charge in [-0.1, -0.05) is 0 Å². The predicted octanol–water partition coefficient (Wildman–Crippen LogP) is 4.39. The van der Waals surface area contributed by atoms with E-state index < -0.39 is 23.4 Å². The Morgan fingerprint density at radius 2 is 1.95 bits per heavy atom. The molecule has 2 aromatic heterocycles. The van der Waals surface area contributed by atoms with Gasteiger partial charge in [-0.15, -0.1) is 11.8 Å². The number of likely N-dealkylation sites (tertiary alicyclic amines) is 1. The summed E-state index contributed by atoms with van der Waals surface area (Å²) in [4.78, 5) is 18.4. The second kappa shape index (κ2) is 13.3. The van der Waals surface area contributed by atoms with Gasteiger partial charge in [-0.2, -0.15) is 5.10 Å². The number of alkyl halides is 2. The van der Waals surface area contributed by atoms with Crippen LogP contribution in [0.3, 0.4) is 0 Å². The van der Waals surface area contributed by atoms with Crippen LogP contribution in [0.1, 0.15) is 78.5 Å². The summed E-state index contributed by atoms with van der Waals surface area (Å²) in [5, 5.41) is 24.2. The molecule has 226 valence electrons. The Labute approximate surface area is 238 Å². The minimum absolute atomic E-state index is 0.0413. The van der Waals surface area contributed by atoms with Crippen molar-refractivity contribution >= 4 is 23.4 Å². The summed E-state index contributed by atoms with van der Waals surface area (Å²) >= 11 is 1.57. The Morgan fingerprint density at radius 3 is 2.60 bits per heavy atom. The van der Waals surface area contributed by atoms with Crippen molar-refractivity contribution in [2.75, 3.05) is 25.9 Å². The Balaban J connectivity index is 0.000000810. The fourth-order valence-electron chi connectivity index (χ4n) is 4.90. The molecule has 10 nitrogen and oxygen atoms in total. The standard InChI is InChI=1S/C24H35F2N5O3S.C3H8O2/c1-23(2,3)34-22(32)27-11-9-16-13-24(25,26)10-12-30(16)14-17-5-8-20(33-17)18-6-7-19-21(35-4)28-15-29-31(18)19;1-3(2,4)5/h6-7,15-17,20H,5,8-14H2,1-4H3,(H,27,32);4-5H,1-2H3/t16-,17+,20-;/m1./s1. The van der Waals surface area contributed by atoms with E-state index >= 15 is 0 Å². The predicted molar refractivity (Wildman–Crippen MR) is 149 cm³/mol. The topological polar surface area (TPSA) is 121 Å². The van der Waals surface area contributed by atoms with Crippen molar-refractivity contribution < 1.29 is 33.3 Å². The summed E-state index contributed by atoms with van der Waals surface area (Å²) in [7, 11) is 0. The molecule has 0 saturated carbocycles. The van der Waals surface area contributed by atoms with Crippen LogP contribution >= 0.6 is 11.8 Å². The van der Waals surface area contributed by atoms with Crippen LogP contribution in [0.4, 0.5) is 13.6 Å². The number of aromatic nitrogens is 3. The summed E-state index contributed by atoms with van der Waals surface area (Å²) in [6.07, 6.45) is 4.65. The Kier molecular flexibility index (Phi) is 10.8. The highest BCUT2D eigenvalue weighted by Crippen LogP contribution is 2.37. The maximum atomic E-state index is 14.2. The average molecular weight is 588 g/mol. The zero-order valence-electron chi connectivity index (χ0n) is 24.2. The monoisotopic (exact) mass is 587 g/mol. The van der Waals surface area contributed by atoms with E-state index in [4.69, 9.17) is 19.7 Å². The summed E-state index contributed by atoms with van der Waals surface area (Å²) in [6.45, 7) is 9.15. The minimum atomic E-state index is -2.69.